The summed E-state index contributed by atoms with van der Waals surface area (Å²) in [5, 5.41) is 7.07. The lowest BCUT2D eigenvalue weighted by atomic mass is 10.1. The van der Waals surface area contributed by atoms with Gasteiger partial charge in [0.15, 0.2) is 6.61 Å². The molecule has 1 aromatic heterocycles. The molecule has 1 N–H and O–H groups in total. The van der Waals surface area contributed by atoms with E-state index in [4.69, 9.17) is 4.74 Å². The van der Waals surface area contributed by atoms with Crippen LogP contribution >= 0.6 is 0 Å². The van der Waals surface area contributed by atoms with Gasteiger partial charge in [-0.1, -0.05) is 43.7 Å². The van der Waals surface area contributed by atoms with Crippen LogP contribution in [0.4, 0.5) is 5.69 Å². The molecule has 3 rings (SSSR count). The fraction of sp³-hybridized carbons (Fsp3) is 0.238. The Morgan fingerprint density at radius 1 is 1.15 bits per heavy atom. The van der Waals surface area contributed by atoms with Gasteiger partial charge in [0.2, 0.25) is 0 Å². The summed E-state index contributed by atoms with van der Waals surface area (Å²) in [5.74, 6) is 0.593. The fourth-order valence-corrected chi connectivity index (χ4v) is 2.75. The normalized spacial score (nSPS) is 10.5. The van der Waals surface area contributed by atoms with E-state index in [0.29, 0.717) is 6.54 Å². The van der Waals surface area contributed by atoms with E-state index in [0.717, 1.165) is 35.4 Å². The first-order chi connectivity index (χ1) is 12.7. The fourth-order valence-electron chi connectivity index (χ4n) is 2.75. The minimum atomic E-state index is -0.170. The van der Waals surface area contributed by atoms with Crippen molar-refractivity contribution >= 4 is 11.6 Å². The maximum atomic E-state index is 12.1. The highest BCUT2D eigenvalue weighted by Gasteiger charge is 2.09. The van der Waals surface area contributed by atoms with Gasteiger partial charge < -0.3 is 10.1 Å². The van der Waals surface area contributed by atoms with E-state index in [-0.39, 0.29) is 12.5 Å². The molecule has 5 nitrogen and oxygen atoms in total. The molecule has 0 saturated heterocycles. The largest absolute Gasteiger partial charge is 0.483 e. The summed E-state index contributed by atoms with van der Waals surface area (Å²) in [4.78, 5) is 12.1. The van der Waals surface area contributed by atoms with Crippen molar-refractivity contribution in [2.24, 2.45) is 0 Å². The molecule has 1 amide bonds. The van der Waals surface area contributed by atoms with Crippen molar-refractivity contribution in [3.63, 3.8) is 0 Å². The second-order valence-corrected chi connectivity index (χ2v) is 6.10. The molecule has 0 bridgehead atoms. The minimum absolute atomic E-state index is 0.0170. The molecule has 1 heterocycles. The van der Waals surface area contributed by atoms with Crippen LogP contribution in [-0.4, -0.2) is 22.3 Å². The highest BCUT2D eigenvalue weighted by Crippen LogP contribution is 2.23. The molecule has 26 heavy (non-hydrogen) atoms. The zero-order valence-corrected chi connectivity index (χ0v) is 14.9. The lowest BCUT2D eigenvalue weighted by molar-refractivity contribution is -0.118. The molecule has 5 heteroatoms. The highest BCUT2D eigenvalue weighted by atomic mass is 16.5. The van der Waals surface area contributed by atoms with Gasteiger partial charge in [-0.05, 0) is 41.8 Å². The number of aryl methyl sites for hydroxylation is 1. The average Bonchev–Trinajstić information content (AvgIpc) is 3.16. The first-order valence-corrected chi connectivity index (χ1v) is 8.81. The van der Waals surface area contributed by atoms with Crippen LogP contribution in [0.1, 0.15) is 24.5 Å². The molecule has 134 valence electrons. The Hall–Kier alpha value is -3.08. The first kappa shape index (κ1) is 17.7. The van der Waals surface area contributed by atoms with Crippen LogP contribution in [0.5, 0.6) is 5.75 Å². The third-order valence-electron chi connectivity index (χ3n) is 3.97. The number of hydrogen-bond acceptors (Lipinski definition) is 3. The topological polar surface area (TPSA) is 56.2 Å². The lowest BCUT2D eigenvalue weighted by Crippen LogP contribution is -2.20. The van der Waals surface area contributed by atoms with Crippen molar-refractivity contribution in [1.29, 1.82) is 0 Å². The van der Waals surface area contributed by atoms with E-state index in [1.807, 2.05) is 53.3 Å². The third-order valence-corrected chi connectivity index (χ3v) is 3.97. The second-order valence-electron chi connectivity index (χ2n) is 6.10. The number of para-hydroxylation sites is 1. The van der Waals surface area contributed by atoms with Crippen LogP contribution in [0.2, 0.25) is 0 Å². The summed E-state index contributed by atoms with van der Waals surface area (Å²) in [5.41, 5.74) is 2.97. The van der Waals surface area contributed by atoms with Crippen LogP contribution in [0, 0.1) is 0 Å². The molecular weight excluding hydrogens is 326 g/mol. The van der Waals surface area contributed by atoms with Crippen LogP contribution in [-0.2, 0) is 17.8 Å². The first-order valence-electron chi connectivity index (χ1n) is 8.81. The van der Waals surface area contributed by atoms with Gasteiger partial charge in [0.05, 0.1) is 6.54 Å². The Balaban J connectivity index is 1.66. The number of aromatic nitrogens is 2. The van der Waals surface area contributed by atoms with Crippen molar-refractivity contribution in [3.05, 3.63) is 78.1 Å². The number of anilines is 1. The van der Waals surface area contributed by atoms with Gasteiger partial charge in [0, 0.05) is 18.1 Å². The number of amides is 1. The lowest BCUT2D eigenvalue weighted by Gasteiger charge is -2.13. The number of rotatable bonds is 8. The van der Waals surface area contributed by atoms with E-state index in [2.05, 4.69) is 29.5 Å². The predicted molar refractivity (Wildman–Crippen MR) is 102 cm³/mol. The molecule has 0 radical (unpaired) electrons. The van der Waals surface area contributed by atoms with Gasteiger partial charge in [-0.25, -0.2) is 0 Å². The Morgan fingerprint density at radius 2 is 2.00 bits per heavy atom. The van der Waals surface area contributed by atoms with E-state index in [1.54, 1.807) is 6.20 Å². The van der Waals surface area contributed by atoms with Crippen molar-refractivity contribution in [2.75, 3.05) is 11.9 Å². The SMILES string of the molecule is CCCc1ccc(Cn2cccn2)cc1OCC(=O)Nc1ccccc1. The van der Waals surface area contributed by atoms with Crippen LogP contribution in [0.25, 0.3) is 0 Å². The molecule has 0 unspecified atom stereocenters. The second kappa shape index (κ2) is 8.85. The third kappa shape index (κ3) is 4.96. The van der Waals surface area contributed by atoms with E-state index < -0.39 is 0 Å². The number of carbonyl (C=O) groups is 1. The molecule has 0 atom stereocenters. The number of nitrogens with zero attached hydrogens (tertiary/aromatic N) is 2. The Morgan fingerprint density at radius 3 is 2.73 bits per heavy atom. The van der Waals surface area contributed by atoms with E-state index in [1.165, 1.54) is 0 Å². The van der Waals surface area contributed by atoms with Gasteiger partial charge in [-0.3, -0.25) is 9.48 Å². The van der Waals surface area contributed by atoms with E-state index in [9.17, 15) is 4.79 Å². The zero-order chi connectivity index (χ0) is 18.2. The summed E-state index contributed by atoms with van der Waals surface area (Å²) in [6.45, 7) is 2.78. The number of nitrogens with one attached hydrogen (secondary N) is 1. The quantitative estimate of drug-likeness (QED) is 0.671. The van der Waals surface area contributed by atoms with Gasteiger partial charge in [-0.2, -0.15) is 5.10 Å². The number of benzene rings is 2. The maximum Gasteiger partial charge on any atom is 0.262 e. The van der Waals surface area contributed by atoms with Gasteiger partial charge in [-0.15, -0.1) is 0 Å². The summed E-state index contributed by atoms with van der Waals surface area (Å²) in [6.07, 6.45) is 5.62. The Bertz CT molecular complexity index is 830. The zero-order valence-electron chi connectivity index (χ0n) is 14.9. The molecule has 0 aliphatic rings. The van der Waals surface area contributed by atoms with Crippen LogP contribution < -0.4 is 10.1 Å². The van der Waals surface area contributed by atoms with Crippen LogP contribution in [0.3, 0.4) is 0 Å². The van der Waals surface area contributed by atoms with Crippen molar-refractivity contribution in [2.45, 2.75) is 26.3 Å². The predicted octanol–water partition coefficient (Wildman–Crippen LogP) is 3.90. The molecule has 3 aromatic rings. The summed E-state index contributed by atoms with van der Waals surface area (Å²) in [7, 11) is 0. The molecule has 0 fully saturated rings. The smallest absolute Gasteiger partial charge is 0.262 e. The Labute approximate surface area is 153 Å². The van der Waals surface area contributed by atoms with Gasteiger partial charge in [0.1, 0.15) is 5.75 Å². The summed E-state index contributed by atoms with van der Waals surface area (Å²) >= 11 is 0. The summed E-state index contributed by atoms with van der Waals surface area (Å²) in [6, 6.07) is 17.4. The van der Waals surface area contributed by atoms with Gasteiger partial charge in [0.25, 0.3) is 5.91 Å². The van der Waals surface area contributed by atoms with Crippen LogP contribution in [0.15, 0.2) is 67.0 Å². The monoisotopic (exact) mass is 349 g/mol. The number of hydrogen-bond donors (Lipinski definition) is 1. The molecule has 0 aliphatic carbocycles. The molecule has 0 spiro atoms. The van der Waals surface area contributed by atoms with Crippen molar-refractivity contribution in [1.82, 2.24) is 9.78 Å². The average molecular weight is 349 g/mol. The standard InChI is InChI=1S/C21H23N3O2/c1-2-7-18-11-10-17(15-24-13-6-12-22-24)14-20(18)26-16-21(25)23-19-8-4-3-5-9-19/h3-6,8-14H,2,7,15-16H2,1H3,(H,23,25). The highest BCUT2D eigenvalue weighted by molar-refractivity contribution is 5.91. The minimum Gasteiger partial charge on any atom is -0.483 e. The molecular formula is C21H23N3O2. The molecule has 0 saturated carbocycles. The van der Waals surface area contributed by atoms with Gasteiger partial charge >= 0.3 is 0 Å². The van der Waals surface area contributed by atoms with E-state index >= 15 is 0 Å². The maximum absolute atomic E-state index is 12.1. The van der Waals surface area contributed by atoms with Crippen molar-refractivity contribution in [3.8, 4) is 5.75 Å². The summed E-state index contributed by atoms with van der Waals surface area (Å²) < 4.78 is 7.70. The number of carbonyl (C=O) groups excluding carboxylic acids is 1. The Kier molecular flexibility index (Phi) is 6.04. The number of ether oxygens (including phenoxy) is 1. The molecule has 2 aromatic carbocycles. The van der Waals surface area contributed by atoms with Crippen molar-refractivity contribution < 1.29 is 9.53 Å². The molecule has 0 aliphatic heterocycles.